The van der Waals surface area contributed by atoms with Crippen LogP contribution in [0.4, 0.5) is 0 Å². The lowest BCUT2D eigenvalue weighted by molar-refractivity contribution is 0.718. The first-order valence-corrected chi connectivity index (χ1v) is 7.48. The second-order valence-electron chi connectivity index (χ2n) is 5.41. The molecule has 0 amide bonds. The van der Waals surface area contributed by atoms with Crippen LogP contribution in [0.15, 0.2) is 45.0 Å². The number of H-pyrrole nitrogens is 1. The molecule has 0 atom stereocenters. The number of benzene rings is 1. The third-order valence-corrected chi connectivity index (χ3v) is 4.03. The maximum Gasteiger partial charge on any atom is 0.349 e. The number of hydrogen-bond acceptors (Lipinski definition) is 3. The highest BCUT2D eigenvalue weighted by Crippen LogP contribution is 2.12. The fourth-order valence-electron chi connectivity index (χ4n) is 2.82. The first-order valence-electron chi connectivity index (χ1n) is 7.48. The number of hydrogen-bond donors (Lipinski definition) is 1. The Morgan fingerprint density at radius 1 is 1.22 bits per heavy atom. The Labute approximate surface area is 132 Å². The van der Waals surface area contributed by atoms with Crippen molar-refractivity contribution in [3.8, 4) is 0 Å². The van der Waals surface area contributed by atoms with Crippen LogP contribution >= 0.6 is 0 Å². The average molecular weight is 310 g/mol. The molecule has 0 spiro atoms. The van der Waals surface area contributed by atoms with Gasteiger partial charge in [0.2, 0.25) is 0 Å². The molecular formula is C17H18N4O2. The lowest BCUT2D eigenvalue weighted by Crippen LogP contribution is -2.32. The fourth-order valence-corrected chi connectivity index (χ4v) is 2.82. The third kappa shape index (κ3) is 2.52. The Balaban J connectivity index is 2.12. The zero-order valence-corrected chi connectivity index (χ0v) is 13.3. The zero-order chi connectivity index (χ0) is 16.6. The number of nitrogens with one attached hydrogen (secondary N) is 1. The highest BCUT2D eigenvalue weighted by Gasteiger charge is 2.08. The van der Waals surface area contributed by atoms with Gasteiger partial charge in [0.05, 0.1) is 17.1 Å². The molecule has 0 aliphatic rings. The smallest absolute Gasteiger partial charge is 0.349 e. The van der Waals surface area contributed by atoms with Gasteiger partial charge in [0, 0.05) is 23.5 Å². The minimum atomic E-state index is -0.547. The van der Waals surface area contributed by atoms with E-state index in [0.29, 0.717) is 10.9 Å². The van der Waals surface area contributed by atoms with Crippen molar-refractivity contribution in [1.29, 1.82) is 0 Å². The number of nitrogens with zero attached hydrogens (tertiary/aromatic N) is 3. The normalized spacial score (nSPS) is 11.6. The van der Waals surface area contributed by atoms with Gasteiger partial charge in [-0.2, -0.15) is 5.10 Å². The summed E-state index contributed by atoms with van der Waals surface area (Å²) in [6.45, 7) is 6.94. The molecule has 118 valence electrons. The number of rotatable bonds is 3. The predicted molar refractivity (Wildman–Crippen MR) is 91.4 cm³/mol. The van der Waals surface area contributed by atoms with E-state index in [1.54, 1.807) is 30.5 Å². The van der Waals surface area contributed by atoms with Gasteiger partial charge in [-0.05, 0) is 39.0 Å². The van der Waals surface area contributed by atoms with Crippen LogP contribution in [0.1, 0.15) is 23.9 Å². The van der Waals surface area contributed by atoms with E-state index < -0.39 is 11.2 Å². The largest absolute Gasteiger partial charge is 0.349 e. The van der Waals surface area contributed by atoms with Crippen molar-refractivity contribution in [2.75, 3.05) is 0 Å². The maximum absolute atomic E-state index is 12.4. The van der Waals surface area contributed by atoms with E-state index >= 15 is 0 Å². The number of para-hydroxylation sites is 1. The molecule has 1 N–H and O–H groups in total. The Hall–Kier alpha value is -2.89. The van der Waals surface area contributed by atoms with Gasteiger partial charge >= 0.3 is 5.69 Å². The van der Waals surface area contributed by atoms with Crippen LogP contribution in [0, 0.1) is 13.8 Å². The van der Waals surface area contributed by atoms with Crippen LogP contribution in [0.25, 0.3) is 10.9 Å². The highest BCUT2D eigenvalue weighted by molar-refractivity contribution is 5.82. The van der Waals surface area contributed by atoms with E-state index in [9.17, 15) is 9.59 Å². The Bertz CT molecular complexity index is 1020. The van der Waals surface area contributed by atoms with Gasteiger partial charge in [-0.3, -0.25) is 4.79 Å². The average Bonchev–Trinajstić information content (AvgIpc) is 2.80. The highest BCUT2D eigenvalue weighted by atomic mass is 16.2. The van der Waals surface area contributed by atoms with Crippen molar-refractivity contribution >= 4 is 17.1 Å². The van der Waals surface area contributed by atoms with E-state index in [1.165, 1.54) is 0 Å². The quantitative estimate of drug-likeness (QED) is 0.752. The zero-order valence-electron chi connectivity index (χ0n) is 13.3. The second kappa shape index (κ2) is 5.72. The first-order chi connectivity index (χ1) is 11.0. The molecule has 6 nitrogen and oxygen atoms in total. The van der Waals surface area contributed by atoms with Crippen LogP contribution in [0.5, 0.6) is 0 Å². The van der Waals surface area contributed by atoms with E-state index in [-0.39, 0.29) is 0 Å². The van der Waals surface area contributed by atoms with Crippen molar-refractivity contribution in [2.24, 2.45) is 5.10 Å². The third-order valence-electron chi connectivity index (χ3n) is 4.03. The summed E-state index contributed by atoms with van der Waals surface area (Å²) in [7, 11) is 0. The van der Waals surface area contributed by atoms with Gasteiger partial charge in [-0.1, -0.05) is 12.1 Å². The first kappa shape index (κ1) is 15.0. The van der Waals surface area contributed by atoms with Crippen LogP contribution < -0.4 is 11.2 Å². The SMILES string of the molecule is CCn1c(C)cc(C=Nn2c(=O)[nH]c3ccccc3c2=O)c1C. The Morgan fingerprint density at radius 2 is 1.96 bits per heavy atom. The topological polar surface area (TPSA) is 72.2 Å². The summed E-state index contributed by atoms with van der Waals surface area (Å²) in [6.07, 6.45) is 1.56. The summed E-state index contributed by atoms with van der Waals surface area (Å²) in [4.78, 5) is 27.2. The molecule has 23 heavy (non-hydrogen) atoms. The minimum absolute atomic E-state index is 0.426. The van der Waals surface area contributed by atoms with E-state index in [1.807, 2.05) is 19.9 Å². The molecule has 3 aromatic rings. The predicted octanol–water partition coefficient (Wildman–Crippen LogP) is 2.01. The summed E-state index contributed by atoms with van der Waals surface area (Å²) in [6, 6.07) is 8.88. The second-order valence-corrected chi connectivity index (χ2v) is 5.41. The molecule has 6 heteroatoms. The molecule has 0 aliphatic heterocycles. The molecule has 0 fully saturated rings. The van der Waals surface area contributed by atoms with Gasteiger partial charge in [0.15, 0.2) is 0 Å². The number of aromatic nitrogens is 3. The van der Waals surface area contributed by atoms with E-state index in [2.05, 4.69) is 21.6 Å². The molecule has 0 saturated carbocycles. The Kier molecular flexibility index (Phi) is 3.73. The Morgan fingerprint density at radius 3 is 2.65 bits per heavy atom. The van der Waals surface area contributed by atoms with E-state index in [4.69, 9.17) is 0 Å². The van der Waals surface area contributed by atoms with Gasteiger partial charge < -0.3 is 9.55 Å². The molecule has 3 rings (SSSR count). The standard InChI is InChI=1S/C17H18N4O2/c1-4-20-11(2)9-13(12(20)3)10-18-21-16(22)14-7-5-6-8-15(14)19-17(21)23/h5-10H,4H2,1-3H3,(H,19,23). The summed E-state index contributed by atoms with van der Waals surface area (Å²) < 4.78 is 3.01. The lowest BCUT2D eigenvalue weighted by Gasteiger charge is -2.04. The van der Waals surface area contributed by atoms with Crippen molar-refractivity contribution in [3.05, 3.63) is 68.1 Å². The summed E-state index contributed by atoms with van der Waals surface area (Å²) >= 11 is 0. The van der Waals surface area contributed by atoms with Crippen molar-refractivity contribution in [3.63, 3.8) is 0 Å². The molecule has 0 unspecified atom stereocenters. The molecule has 2 aromatic heterocycles. The molecule has 1 aromatic carbocycles. The lowest BCUT2D eigenvalue weighted by atomic mass is 10.2. The maximum atomic E-state index is 12.4. The molecule has 0 radical (unpaired) electrons. The van der Waals surface area contributed by atoms with Gasteiger partial charge in [-0.15, -0.1) is 4.68 Å². The van der Waals surface area contributed by atoms with Gasteiger partial charge in [0.25, 0.3) is 5.56 Å². The number of aryl methyl sites for hydroxylation is 1. The summed E-state index contributed by atoms with van der Waals surface area (Å²) in [5.74, 6) is 0. The van der Waals surface area contributed by atoms with Crippen LogP contribution in [-0.2, 0) is 6.54 Å². The number of aromatic amines is 1. The van der Waals surface area contributed by atoms with Crippen LogP contribution in [-0.4, -0.2) is 20.4 Å². The fraction of sp³-hybridized carbons (Fsp3) is 0.235. The molecular weight excluding hydrogens is 292 g/mol. The van der Waals surface area contributed by atoms with Crippen LogP contribution in [0.2, 0.25) is 0 Å². The monoisotopic (exact) mass is 310 g/mol. The molecule has 0 aliphatic carbocycles. The van der Waals surface area contributed by atoms with Crippen molar-refractivity contribution in [2.45, 2.75) is 27.3 Å². The van der Waals surface area contributed by atoms with Gasteiger partial charge in [0.1, 0.15) is 0 Å². The molecule has 0 saturated heterocycles. The van der Waals surface area contributed by atoms with Crippen molar-refractivity contribution < 1.29 is 0 Å². The summed E-state index contributed by atoms with van der Waals surface area (Å²) in [5.41, 5.74) is 2.60. The minimum Gasteiger partial charge on any atom is -0.349 e. The summed E-state index contributed by atoms with van der Waals surface area (Å²) in [5, 5.41) is 4.53. The van der Waals surface area contributed by atoms with Crippen LogP contribution in [0.3, 0.4) is 0 Å². The molecule has 0 bridgehead atoms. The molecule has 2 heterocycles. The number of fused-ring (bicyclic) bond motifs is 1. The van der Waals surface area contributed by atoms with Gasteiger partial charge in [-0.25, -0.2) is 4.79 Å². The van der Waals surface area contributed by atoms with Crippen molar-refractivity contribution in [1.82, 2.24) is 14.2 Å². The van der Waals surface area contributed by atoms with E-state index in [0.717, 1.165) is 28.2 Å².